The smallest absolute Gasteiger partial charge is 0.363 e. The monoisotopic (exact) mass is 536 g/mol. The third-order valence-electron chi connectivity index (χ3n) is 5.08. The van der Waals surface area contributed by atoms with Crippen molar-refractivity contribution in [3.63, 3.8) is 0 Å². The van der Waals surface area contributed by atoms with Crippen molar-refractivity contribution >= 4 is 39.6 Å². The van der Waals surface area contributed by atoms with Gasteiger partial charge in [0.15, 0.2) is 17.2 Å². The summed E-state index contributed by atoms with van der Waals surface area (Å²) < 4.78 is 17.7. The van der Waals surface area contributed by atoms with E-state index in [0.717, 1.165) is 16.7 Å². The van der Waals surface area contributed by atoms with Crippen LogP contribution in [0.3, 0.4) is 0 Å². The Hall–Kier alpha value is -3.98. The van der Waals surface area contributed by atoms with Gasteiger partial charge in [-0.2, -0.15) is 0 Å². The average molecular weight is 537 g/mol. The summed E-state index contributed by atoms with van der Waals surface area (Å²) >= 11 is 3.52. The highest BCUT2D eigenvalue weighted by atomic mass is 79.9. The van der Waals surface area contributed by atoms with Gasteiger partial charge in [0.25, 0.3) is 5.69 Å². The largest absolute Gasteiger partial charge is 0.490 e. The molecule has 1 aliphatic rings. The molecule has 4 rings (SSSR count). The molecule has 8 nitrogen and oxygen atoms in total. The molecule has 35 heavy (non-hydrogen) atoms. The first-order chi connectivity index (χ1) is 16.8. The second-order valence-corrected chi connectivity index (χ2v) is 8.53. The van der Waals surface area contributed by atoms with E-state index in [9.17, 15) is 14.9 Å². The number of aryl methyl sites for hydroxylation is 1. The van der Waals surface area contributed by atoms with E-state index in [1.165, 1.54) is 12.1 Å². The number of ether oxygens (including phenoxy) is 3. The Morgan fingerprint density at radius 3 is 2.46 bits per heavy atom. The predicted octanol–water partition coefficient (Wildman–Crippen LogP) is 5.99. The summed E-state index contributed by atoms with van der Waals surface area (Å²) in [5.41, 5.74) is 3.44. The van der Waals surface area contributed by atoms with Gasteiger partial charge in [-0.05, 0) is 83.4 Å². The van der Waals surface area contributed by atoms with Gasteiger partial charge in [-0.1, -0.05) is 17.7 Å². The van der Waals surface area contributed by atoms with Crippen molar-refractivity contribution in [3.8, 4) is 11.5 Å². The summed E-state index contributed by atoms with van der Waals surface area (Å²) in [6, 6.07) is 17.2. The number of nitro groups is 1. The van der Waals surface area contributed by atoms with E-state index in [1.807, 2.05) is 38.1 Å². The Labute approximate surface area is 210 Å². The summed E-state index contributed by atoms with van der Waals surface area (Å²) in [6.45, 7) is 4.42. The minimum atomic E-state index is -0.534. The van der Waals surface area contributed by atoms with Crippen LogP contribution in [0.4, 0.5) is 5.69 Å². The molecule has 1 aliphatic heterocycles. The quantitative estimate of drug-likeness (QED) is 0.152. The number of esters is 1. The molecule has 178 valence electrons. The van der Waals surface area contributed by atoms with Gasteiger partial charge in [0, 0.05) is 17.7 Å². The molecule has 9 heteroatoms. The molecule has 0 atom stereocenters. The lowest BCUT2D eigenvalue weighted by molar-refractivity contribution is -0.384. The molecule has 0 spiro atoms. The molecule has 3 aromatic carbocycles. The first-order valence-electron chi connectivity index (χ1n) is 10.8. The highest BCUT2D eigenvalue weighted by molar-refractivity contribution is 9.10. The van der Waals surface area contributed by atoms with E-state index in [1.54, 1.807) is 30.3 Å². The molecule has 3 aromatic rings. The van der Waals surface area contributed by atoms with Crippen molar-refractivity contribution in [2.75, 3.05) is 6.61 Å². The molecular weight excluding hydrogens is 516 g/mol. The first kappa shape index (κ1) is 24.2. The Balaban J connectivity index is 1.57. The number of cyclic esters (lactones) is 1. The second-order valence-electron chi connectivity index (χ2n) is 7.68. The highest BCUT2D eigenvalue weighted by Gasteiger charge is 2.24. The van der Waals surface area contributed by atoms with Crippen molar-refractivity contribution in [1.82, 2.24) is 0 Å². The molecule has 0 aliphatic carbocycles. The number of hydrogen-bond acceptors (Lipinski definition) is 7. The number of benzene rings is 3. The molecule has 0 saturated heterocycles. The number of non-ortho nitro benzene ring substituents is 1. The molecule has 0 radical (unpaired) electrons. The van der Waals surface area contributed by atoms with Crippen LogP contribution in [-0.4, -0.2) is 23.4 Å². The fourth-order valence-corrected chi connectivity index (χ4v) is 3.90. The van der Waals surface area contributed by atoms with Gasteiger partial charge in [-0.3, -0.25) is 10.1 Å². The summed E-state index contributed by atoms with van der Waals surface area (Å²) in [5, 5.41) is 10.8. The molecule has 0 amide bonds. The molecule has 1 heterocycles. The Kier molecular flexibility index (Phi) is 7.26. The van der Waals surface area contributed by atoms with Gasteiger partial charge in [0.2, 0.25) is 5.90 Å². The summed E-state index contributed by atoms with van der Waals surface area (Å²) in [5.74, 6) is 0.677. The number of nitro benzene ring substituents is 1. The van der Waals surface area contributed by atoms with Crippen molar-refractivity contribution in [2.24, 2.45) is 4.99 Å². The summed E-state index contributed by atoms with van der Waals surface area (Å²) in [7, 11) is 0. The van der Waals surface area contributed by atoms with Crippen LogP contribution >= 0.6 is 15.9 Å². The van der Waals surface area contributed by atoms with E-state index in [0.29, 0.717) is 28.1 Å². The van der Waals surface area contributed by atoms with Gasteiger partial charge >= 0.3 is 5.97 Å². The number of nitrogens with zero attached hydrogens (tertiary/aromatic N) is 2. The zero-order valence-corrected chi connectivity index (χ0v) is 20.6. The van der Waals surface area contributed by atoms with Crippen LogP contribution in [-0.2, 0) is 16.1 Å². The highest BCUT2D eigenvalue weighted by Crippen LogP contribution is 2.38. The minimum absolute atomic E-state index is 0.0148. The van der Waals surface area contributed by atoms with Crippen LogP contribution in [0, 0.1) is 17.0 Å². The van der Waals surface area contributed by atoms with Gasteiger partial charge in [0.1, 0.15) is 6.61 Å². The maximum absolute atomic E-state index is 12.4. The van der Waals surface area contributed by atoms with Crippen molar-refractivity contribution < 1.29 is 23.9 Å². The Bertz CT molecular complexity index is 1330. The van der Waals surface area contributed by atoms with Gasteiger partial charge < -0.3 is 14.2 Å². The van der Waals surface area contributed by atoms with Crippen LogP contribution < -0.4 is 9.47 Å². The molecule has 0 bridgehead atoms. The normalized spacial score (nSPS) is 14.0. The van der Waals surface area contributed by atoms with Crippen LogP contribution in [0.2, 0.25) is 0 Å². The number of halogens is 1. The minimum Gasteiger partial charge on any atom is -0.490 e. The average Bonchev–Trinajstić information content (AvgIpc) is 3.19. The number of carbonyl (C=O) groups excluding carboxylic acids is 1. The van der Waals surface area contributed by atoms with Crippen molar-refractivity contribution in [3.05, 3.63) is 103 Å². The Morgan fingerprint density at radius 2 is 1.80 bits per heavy atom. The van der Waals surface area contributed by atoms with Crippen LogP contribution in [0.25, 0.3) is 6.08 Å². The van der Waals surface area contributed by atoms with Gasteiger partial charge in [-0.15, -0.1) is 0 Å². The predicted molar refractivity (Wildman–Crippen MR) is 135 cm³/mol. The van der Waals surface area contributed by atoms with Crippen molar-refractivity contribution in [1.29, 1.82) is 0 Å². The van der Waals surface area contributed by atoms with Crippen LogP contribution in [0.15, 0.2) is 75.8 Å². The third-order valence-corrected chi connectivity index (χ3v) is 5.67. The Morgan fingerprint density at radius 1 is 1.09 bits per heavy atom. The zero-order chi connectivity index (χ0) is 24.9. The fourth-order valence-electron chi connectivity index (χ4n) is 3.33. The van der Waals surface area contributed by atoms with Gasteiger partial charge in [-0.25, -0.2) is 9.79 Å². The summed E-state index contributed by atoms with van der Waals surface area (Å²) in [4.78, 5) is 27.2. The molecule has 0 unspecified atom stereocenters. The molecule has 0 aromatic heterocycles. The van der Waals surface area contributed by atoms with Gasteiger partial charge in [0.05, 0.1) is 16.0 Å². The second kappa shape index (κ2) is 10.5. The fraction of sp³-hybridized carbons (Fsp3) is 0.154. The SMILES string of the molecule is CCOc1cc(/C=C2\N=C(c3ccc(C)cc3)OC2=O)cc(Br)c1OCc1ccc([N+](=O)[O-])cc1. The zero-order valence-electron chi connectivity index (χ0n) is 19.0. The van der Waals surface area contributed by atoms with E-state index < -0.39 is 10.9 Å². The number of hydrogen-bond donors (Lipinski definition) is 0. The molecular formula is C26H21BrN2O6. The van der Waals surface area contributed by atoms with Crippen molar-refractivity contribution in [2.45, 2.75) is 20.5 Å². The molecule has 0 fully saturated rings. The van der Waals surface area contributed by atoms with E-state index in [2.05, 4.69) is 20.9 Å². The van der Waals surface area contributed by atoms with E-state index in [-0.39, 0.29) is 23.9 Å². The number of aliphatic imine (C=N–C) groups is 1. The lowest BCUT2D eigenvalue weighted by atomic mass is 10.1. The maximum atomic E-state index is 12.4. The van der Waals surface area contributed by atoms with Crippen LogP contribution in [0.5, 0.6) is 11.5 Å². The lowest BCUT2D eigenvalue weighted by Crippen LogP contribution is -2.05. The third kappa shape index (κ3) is 5.75. The topological polar surface area (TPSA) is 100 Å². The molecule has 0 N–H and O–H groups in total. The number of carbonyl (C=O) groups is 1. The lowest BCUT2D eigenvalue weighted by Gasteiger charge is -2.15. The van der Waals surface area contributed by atoms with Crippen LogP contribution in [0.1, 0.15) is 29.2 Å². The summed E-state index contributed by atoms with van der Waals surface area (Å²) in [6.07, 6.45) is 1.62. The molecule has 0 saturated carbocycles. The first-order valence-corrected chi connectivity index (χ1v) is 11.6. The maximum Gasteiger partial charge on any atom is 0.363 e. The number of rotatable bonds is 8. The standard InChI is InChI=1S/C26H21BrN2O6/c1-3-33-23-14-18(13-22-26(30)35-25(28-22)19-8-4-16(2)5-9-19)12-21(27)24(23)34-15-17-6-10-20(11-7-17)29(31)32/h4-14H,3,15H2,1-2H3/b22-13-. The van der Waals surface area contributed by atoms with E-state index >= 15 is 0 Å². The van der Waals surface area contributed by atoms with E-state index in [4.69, 9.17) is 14.2 Å².